The van der Waals surface area contributed by atoms with E-state index in [2.05, 4.69) is 5.32 Å². The SMILES string of the molecule is CCOC(=O)c1c(NC(=O)c2ccc(C(F)(F)F)cc2)sc(C(N)=O)c1C. The van der Waals surface area contributed by atoms with Gasteiger partial charge in [-0.1, -0.05) is 0 Å². The van der Waals surface area contributed by atoms with Gasteiger partial charge in [-0.15, -0.1) is 11.3 Å². The summed E-state index contributed by atoms with van der Waals surface area (Å²) in [6, 6.07) is 3.57. The molecule has 2 aromatic rings. The first-order chi connectivity index (χ1) is 12.6. The Morgan fingerprint density at radius 1 is 1.19 bits per heavy atom. The highest BCUT2D eigenvalue weighted by Crippen LogP contribution is 2.34. The highest BCUT2D eigenvalue weighted by atomic mass is 32.1. The summed E-state index contributed by atoms with van der Waals surface area (Å²) in [7, 11) is 0. The molecule has 0 aliphatic heterocycles. The fourth-order valence-electron chi connectivity index (χ4n) is 2.27. The van der Waals surface area contributed by atoms with Gasteiger partial charge < -0.3 is 15.8 Å². The van der Waals surface area contributed by atoms with Crippen molar-refractivity contribution in [1.29, 1.82) is 0 Å². The molecule has 1 aromatic heterocycles. The maximum atomic E-state index is 12.6. The van der Waals surface area contributed by atoms with E-state index in [4.69, 9.17) is 10.5 Å². The molecule has 27 heavy (non-hydrogen) atoms. The molecule has 0 atom stereocenters. The van der Waals surface area contributed by atoms with Crippen LogP contribution in [0, 0.1) is 6.92 Å². The molecule has 1 aromatic carbocycles. The van der Waals surface area contributed by atoms with Crippen LogP contribution in [0.15, 0.2) is 24.3 Å². The summed E-state index contributed by atoms with van der Waals surface area (Å²) >= 11 is 0.791. The number of thiophene rings is 1. The standard InChI is InChI=1S/C17H15F3N2O4S/c1-3-26-16(25)11-8(2)12(13(21)23)27-15(11)22-14(24)9-4-6-10(7-5-9)17(18,19)20/h4-7H,3H2,1-2H3,(H2,21,23)(H,22,24). The van der Waals surface area contributed by atoms with Crippen LogP contribution in [-0.2, 0) is 10.9 Å². The van der Waals surface area contributed by atoms with Gasteiger partial charge in [-0.2, -0.15) is 13.2 Å². The zero-order valence-electron chi connectivity index (χ0n) is 14.3. The Hall–Kier alpha value is -2.88. The Morgan fingerprint density at radius 3 is 2.26 bits per heavy atom. The maximum Gasteiger partial charge on any atom is 0.416 e. The van der Waals surface area contributed by atoms with Crippen molar-refractivity contribution in [2.75, 3.05) is 11.9 Å². The number of ether oxygens (including phenoxy) is 1. The van der Waals surface area contributed by atoms with E-state index in [0.29, 0.717) is 0 Å². The van der Waals surface area contributed by atoms with Crippen molar-refractivity contribution in [2.45, 2.75) is 20.0 Å². The van der Waals surface area contributed by atoms with Crippen LogP contribution in [0.3, 0.4) is 0 Å². The topological polar surface area (TPSA) is 98.5 Å². The third kappa shape index (κ3) is 4.45. The molecule has 0 spiro atoms. The number of halogens is 3. The summed E-state index contributed by atoms with van der Waals surface area (Å²) in [6.45, 7) is 3.15. The lowest BCUT2D eigenvalue weighted by atomic mass is 10.1. The average Bonchev–Trinajstić information content (AvgIpc) is 2.90. The van der Waals surface area contributed by atoms with Crippen LogP contribution in [0.25, 0.3) is 0 Å². The number of carbonyl (C=O) groups excluding carboxylic acids is 3. The number of hydrogen-bond donors (Lipinski definition) is 2. The van der Waals surface area contributed by atoms with Crippen LogP contribution in [0.2, 0.25) is 0 Å². The largest absolute Gasteiger partial charge is 0.462 e. The number of nitrogens with two attached hydrogens (primary N) is 1. The molecule has 144 valence electrons. The first-order valence-electron chi connectivity index (χ1n) is 7.65. The van der Waals surface area contributed by atoms with E-state index in [0.717, 1.165) is 35.6 Å². The predicted molar refractivity (Wildman–Crippen MR) is 92.9 cm³/mol. The van der Waals surface area contributed by atoms with E-state index in [1.54, 1.807) is 6.92 Å². The number of nitrogens with one attached hydrogen (secondary N) is 1. The minimum atomic E-state index is -4.52. The number of anilines is 1. The number of hydrogen-bond acceptors (Lipinski definition) is 5. The monoisotopic (exact) mass is 400 g/mol. The van der Waals surface area contributed by atoms with E-state index in [1.165, 1.54) is 6.92 Å². The second-order valence-electron chi connectivity index (χ2n) is 5.37. The maximum absolute atomic E-state index is 12.6. The number of carbonyl (C=O) groups is 3. The lowest BCUT2D eigenvalue weighted by molar-refractivity contribution is -0.137. The molecule has 6 nitrogen and oxygen atoms in total. The molecule has 2 amide bonds. The molecular weight excluding hydrogens is 385 g/mol. The molecular formula is C17H15F3N2O4S. The molecule has 0 aliphatic carbocycles. The minimum absolute atomic E-state index is 0.0177. The minimum Gasteiger partial charge on any atom is -0.462 e. The first-order valence-corrected chi connectivity index (χ1v) is 8.46. The lowest BCUT2D eigenvalue weighted by Crippen LogP contribution is -2.15. The van der Waals surface area contributed by atoms with Gasteiger partial charge in [0.05, 0.1) is 22.6 Å². The lowest BCUT2D eigenvalue weighted by Gasteiger charge is -2.09. The molecule has 0 bridgehead atoms. The Balaban J connectivity index is 2.35. The van der Waals surface area contributed by atoms with Gasteiger partial charge in [-0.3, -0.25) is 9.59 Å². The van der Waals surface area contributed by atoms with E-state index >= 15 is 0 Å². The van der Waals surface area contributed by atoms with Crippen molar-refractivity contribution in [2.24, 2.45) is 5.73 Å². The Morgan fingerprint density at radius 2 is 1.78 bits per heavy atom. The number of amides is 2. The van der Waals surface area contributed by atoms with Crippen molar-refractivity contribution in [3.63, 3.8) is 0 Å². The summed E-state index contributed by atoms with van der Waals surface area (Å²) in [5, 5.41) is 2.46. The molecule has 0 saturated carbocycles. The predicted octanol–water partition coefficient (Wildman–Crippen LogP) is 3.60. The van der Waals surface area contributed by atoms with E-state index in [9.17, 15) is 27.6 Å². The fourth-order valence-corrected chi connectivity index (χ4v) is 3.31. The van der Waals surface area contributed by atoms with E-state index in [1.807, 2.05) is 0 Å². The summed E-state index contributed by atoms with van der Waals surface area (Å²) < 4.78 is 42.8. The summed E-state index contributed by atoms with van der Waals surface area (Å²) in [6.07, 6.45) is -4.52. The molecule has 1 heterocycles. The zero-order chi connectivity index (χ0) is 20.4. The molecule has 10 heteroatoms. The second kappa shape index (κ2) is 7.78. The van der Waals surface area contributed by atoms with E-state index < -0.39 is 29.5 Å². The van der Waals surface area contributed by atoms with Crippen LogP contribution < -0.4 is 11.1 Å². The molecule has 0 unspecified atom stereocenters. The molecule has 0 saturated heterocycles. The summed E-state index contributed by atoms with van der Waals surface area (Å²) in [5.74, 6) is -2.27. The molecule has 3 N–H and O–H groups in total. The summed E-state index contributed by atoms with van der Waals surface area (Å²) in [4.78, 5) is 36.1. The van der Waals surface area contributed by atoms with Crippen molar-refractivity contribution >= 4 is 34.1 Å². The van der Waals surface area contributed by atoms with Gasteiger partial charge in [-0.05, 0) is 43.7 Å². The summed E-state index contributed by atoms with van der Waals surface area (Å²) in [5.41, 5.74) is 4.57. The van der Waals surface area contributed by atoms with Crippen LogP contribution in [0.4, 0.5) is 18.2 Å². The second-order valence-corrected chi connectivity index (χ2v) is 6.39. The zero-order valence-corrected chi connectivity index (χ0v) is 15.1. The van der Waals surface area contributed by atoms with Gasteiger partial charge in [0.15, 0.2) is 0 Å². The van der Waals surface area contributed by atoms with Crippen molar-refractivity contribution < 1.29 is 32.3 Å². The van der Waals surface area contributed by atoms with Gasteiger partial charge in [0, 0.05) is 5.56 Å². The average molecular weight is 400 g/mol. The normalized spacial score (nSPS) is 11.1. The number of benzene rings is 1. The van der Waals surface area contributed by atoms with Crippen LogP contribution in [0.5, 0.6) is 0 Å². The highest BCUT2D eigenvalue weighted by molar-refractivity contribution is 7.18. The smallest absolute Gasteiger partial charge is 0.416 e. The van der Waals surface area contributed by atoms with Gasteiger partial charge in [0.2, 0.25) is 0 Å². The van der Waals surface area contributed by atoms with Gasteiger partial charge in [-0.25, -0.2) is 4.79 Å². The Kier molecular flexibility index (Phi) is 5.89. The Labute approximate surface area is 156 Å². The number of esters is 1. The number of rotatable bonds is 5. The third-order valence-electron chi connectivity index (χ3n) is 3.55. The Bertz CT molecular complexity index is 889. The molecule has 0 aliphatic rings. The molecule has 0 fully saturated rings. The van der Waals surface area contributed by atoms with Gasteiger partial charge in [0.25, 0.3) is 11.8 Å². The molecule has 2 rings (SSSR count). The van der Waals surface area contributed by atoms with Crippen molar-refractivity contribution in [3.8, 4) is 0 Å². The van der Waals surface area contributed by atoms with Crippen molar-refractivity contribution in [3.05, 3.63) is 51.4 Å². The molecule has 0 radical (unpaired) electrons. The van der Waals surface area contributed by atoms with E-state index in [-0.39, 0.29) is 33.2 Å². The number of primary amides is 1. The van der Waals surface area contributed by atoms with Crippen molar-refractivity contribution in [1.82, 2.24) is 0 Å². The van der Waals surface area contributed by atoms with Crippen LogP contribution >= 0.6 is 11.3 Å². The fraction of sp³-hybridized carbons (Fsp3) is 0.235. The van der Waals surface area contributed by atoms with Gasteiger partial charge in [0.1, 0.15) is 5.00 Å². The third-order valence-corrected chi connectivity index (χ3v) is 4.77. The van der Waals surface area contributed by atoms with Crippen LogP contribution in [-0.4, -0.2) is 24.4 Å². The highest BCUT2D eigenvalue weighted by Gasteiger charge is 2.30. The van der Waals surface area contributed by atoms with Gasteiger partial charge >= 0.3 is 12.1 Å². The van der Waals surface area contributed by atoms with Crippen LogP contribution in [0.1, 0.15) is 48.4 Å². The quantitative estimate of drug-likeness (QED) is 0.749. The number of alkyl halides is 3. The first kappa shape index (κ1) is 20.4.